The maximum atomic E-state index is 13.3. The predicted molar refractivity (Wildman–Crippen MR) is 102 cm³/mol. The van der Waals surface area contributed by atoms with E-state index in [0.29, 0.717) is 11.4 Å². The number of sulfonamides is 1. The SMILES string of the molecule is CCSc1ncccc1C1CCCCN1S(=O)(=O)c1ccc(C)cc1. The van der Waals surface area contributed by atoms with E-state index in [2.05, 4.69) is 11.9 Å². The lowest BCUT2D eigenvalue weighted by atomic mass is 9.99. The van der Waals surface area contributed by atoms with Crippen LogP contribution >= 0.6 is 11.8 Å². The summed E-state index contributed by atoms with van der Waals surface area (Å²) in [5.41, 5.74) is 2.09. The molecule has 0 radical (unpaired) electrons. The third kappa shape index (κ3) is 3.91. The molecule has 6 heteroatoms. The molecule has 1 aliphatic heterocycles. The Labute approximate surface area is 154 Å². The van der Waals surface area contributed by atoms with Gasteiger partial charge in [-0.25, -0.2) is 13.4 Å². The molecule has 1 atom stereocenters. The van der Waals surface area contributed by atoms with Gasteiger partial charge in [0, 0.05) is 18.3 Å². The van der Waals surface area contributed by atoms with Crippen molar-refractivity contribution in [2.75, 3.05) is 12.3 Å². The van der Waals surface area contributed by atoms with Gasteiger partial charge in [0.05, 0.1) is 10.9 Å². The zero-order chi connectivity index (χ0) is 17.9. The first-order chi connectivity index (χ1) is 12.0. The Hall–Kier alpha value is -1.37. The minimum atomic E-state index is -3.51. The standard InChI is InChI=1S/C19H24N2O2S2/c1-3-24-19-17(7-6-13-20-19)18-8-4-5-14-21(18)25(22,23)16-11-9-15(2)10-12-16/h6-7,9-13,18H,3-5,8,14H2,1-2H3. The van der Waals surface area contributed by atoms with Gasteiger partial charge < -0.3 is 0 Å². The molecule has 1 aromatic carbocycles. The first-order valence-electron chi connectivity index (χ1n) is 8.70. The molecule has 1 aromatic heterocycles. The fourth-order valence-electron chi connectivity index (χ4n) is 3.26. The van der Waals surface area contributed by atoms with Crippen LogP contribution in [0.4, 0.5) is 0 Å². The van der Waals surface area contributed by atoms with Crippen molar-refractivity contribution in [3.63, 3.8) is 0 Å². The fourth-order valence-corrected chi connectivity index (χ4v) is 5.72. The van der Waals surface area contributed by atoms with Gasteiger partial charge in [-0.3, -0.25) is 0 Å². The first-order valence-corrected chi connectivity index (χ1v) is 11.1. The van der Waals surface area contributed by atoms with Gasteiger partial charge in [0.1, 0.15) is 5.03 Å². The minimum absolute atomic E-state index is 0.136. The van der Waals surface area contributed by atoms with E-state index in [9.17, 15) is 8.42 Å². The quantitative estimate of drug-likeness (QED) is 0.725. The van der Waals surface area contributed by atoms with E-state index in [4.69, 9.17) is 0 Å². The maximum absolute atomic E-state index is 13.3. The average molecular weight is 377 g/mol. The number of hydrogen-bond acceptors (Lipinski definition) is 4. The normalized spacial score (nSPS) is 19.0. The van der Waals surface area contributed by atoms with Crippen molar-refractivity contribution in [1.29, 1.82) is 0 Å². The number of pyridine rings is 1. The van der Waals surface area contributed by atoms with E-state index in [1.54, 1.807) is 34.4 Å². The van der Waals surface area contributed by atoms with Crippen LogP contribution < -0.4 is 0 Å². The zero-order valence-corrected chi connectivity index (χ0v) is 16.3. The maximum Gasteiger partial charge on any atom is 0.243 e. The van der Waals surface area contributed by atoms with Crippen LogP contribution in [0, 0.1) is 6.92 Å². The van der Waals surface area contributed by atoms with E-state index < -0.39 is 10.0 Å². The number of piperidine rings is 1. The van der Waals surface area contributed by atoms with E-state index in [-0.39, 0.29) is 6.04 Å². The number of thioether (sulfide) groups is 1. The molecule has 4 nitrogen and oxygen atoms in total. The second kappa shape index (κ2) is 7.89. The summed E-state index contributed by atoms with van der Waals surface area (Å²) in [5, 5.41) is 0.945. The highest BCUT2D eigenvalue weighted by Crippen LogP contribution is 2.38. The molecule has 2 aromatic rings. The molecule has 0 aliphatic carbocycles. The second-order valence-electron chi connectivity index (χ2n) is 6.27. The molecule has 0 spiro atoms. The lowest BCUT2D eigenvalue weighted by Gasteiger charge is -2.35. The summed E-state index contributed by atoms with van der Waals surface area (Å²) in [6.07, 6.45) is 4.56. The van der Waals surface area contributed by atoms with Crippen LogP contribution in [-0.2, 0) is 10.0 Å². The Morgan fingerprint density at radius 2 is 1.96 bits per heavy atom. The number of benzene rings is 1. The monoisotopic (exact) mass is 376 g/mol. The summed E-state index contributed by atoms with van der Waals surface area (Å²) >= 11 is 1.67. The lowest BCUT2D eigenvalue weighted by Crippen LogP contribution is -2.38. The highest BCUT2D eigenvalue weighted by atomic mass is 32.2. The van der Waals surface area contributed by atoms with E-state index >= 15 is 0 Å². The van der Waals surface area contributed by atoms with Gasteiger partial charge in [-0.2, -0.15) is 4.31 Å². The van der Waals surface area contributed by atoms with Gasteiger partial charge >= 0.3 is 0 Å². The summed E-state index contributed by atoms with van der Waals surface area (Å²) in [5.74, 6) is 0.918. The van der Waals surface area contributed by atoms with Crippen LogP contribution in [-0.4, -0.2) is 30.0 Å². The molecule has 1 unspecified atom stereocenters. The van der Waals surface area contributed by atoms with Crippen molar-refractivity contribution in [2.45, 2.75) is 49.1 Å². The van der Waals surface area contributed by atoms with Crippen LogP contribution in [0.15, 0.2) is 52.5 Å². The molecular formula is C19H24N2O2S2. The topological polar surface area (TPSA) is 50.3 Å². The van der Waals surface area contributed by atoms with E-state index in [1.807, 2.05) is 31.2 Å². The van der Waals surface area contributed by atoms with Crippen molar-refractivity contribution in [3.8, 4) is 0 Å². The molecule has 1 saturated heterocycles. The molecule has 1 fully saturated rings. The van der Waals surface area contributed by atoms with Crippen LogP contribution in [0.3, 0.4) is 0 Å². The molecule has 134 valence electrons. The minimum Gasteiger partial charge on any atom is -0.250 e. The van der Waals surface area contributed by atoms with Crippen LogP contribution in [0.5, 0.6) is 0 Å². The number of aromatic nitrogens is 1. The zero-order valence-electron chi connectivity index (χ0n) is 14.7. The number of aryl methyl sites for hydroxylation is 1. The molecule has 0 amide bonds. The Kier molecular flexibility index (Phi) is 5.81. The largest absolute Gasteiger partial charge is 0.250 e. The van der Waals surface area contributed by atoms with Crippen LogP contribution in [0.2, 0.25) is 0 Å². The lowest BCUT2D eigenvalue weighted by molar-refractivity contribution is 0.252. The summed E-state index contributed by atoms with van der Waals surface area (Å²) in [7, 11) is -3.51. The van der Waals surface area contributed by atoms with Gasteiger partial charge in [-0.1, -0.05) is 37.1 Å². The summed E-state index contributed by atoms with van der Waals surface area (Å²) in [4.78, 5) is 4.86. The molecule has 2 heterocycles. The highest BCUT2D eigenvalue weighted by Gasteiger charge is 2.35. The third-order valence-corrected chi connectivity index (χ3v) is 7.35. The van der Waals surface area contributed by atoms with Crippen molar-refractivity contribution in [2.24, 2.45) is 0 Å². The first kappa shape index (κ1) is 18.4. The van der Waals surface area contributed by atoms with E-state index in [0.717, 1.165) is 41.2 Å². The molecule has 0 bridgehead atoms. The van der Waals surface area contributed by atoms with Gasteiger partial charge in [-0.05, 0) is 43.7 Å². The average Bonchev–Trinajstić information content (AvgIpc) is 2.63. The number of hydrogen-bond donors (Lipinski definition) is 0. The molecule has 0 saturated carbocycles. The number of rotatable bonds is 5. The molecule has 25 heavy (non-hydrogen) atoms. The summed E-state index contributed by atoms with van der Waals surface area (Å²) < 4.78 is 28.2. The Morgan fingerprint density at radius 1 is 1.20 bits per heavy atom. The highest BCUT2D eigenvalue weighted by molar-refractivity contribution is 7.99. The summed E-state index contributed by atoms with van der Waals surface area (Å²) in [6, 6.07) is 10.9. The molecule has 0 N–H and O–H groups in total. The Bertz CT molecular complexity index is 820. The second-order valence-corrected chi connectivity index (χ2v) is 9.41. The Morgan fingerprint density at radius 3 is 2.68 bits per heavy atom. The Balaban J connectivity index is 2.00. The van der Waals surface area contributed by atoms with Gasteiger partial charge in [0.2, 0.25) is 10.0 Å². The fraction of sp³-hybridized carbons (Fsp3) is 0.421. The van der Waals surface area contributed by atoms with Gasteiger partial charge in [0.25, 0.3) is 0 Å². The van der Waals surface area contributed by atoms with Crippen LogP contribution in [0.25, 0.3) is 0 Å². The van der Waals surface area contributed by atoms with Crippen molar-refractivity contribution >= 4 is 21.8 Å². The van der Waals surface area contributed by atoms with Crippen LogP contribution in [0.1, 0.15) is 43.4 Å². The van der Waals surface area contributed by atoms with Gasteiger partial charge in [-0.15, -0.1) is 11.8 Å². The van der Waals surface area contributed by atoms with Crippen molar-refractivity contribution in [3.05, 3.63) is 53.7 Å². The third-order valence-electron chi connectivity index (χ3n) is 4.52. The van der Waals surface area contributed by atoms with Crippen molar-refractivity contribution < 1.29 is 8.42 Å². The molecule has 3 rings (SSSR count). The smallest absolute Gasteiger partial charge is 0.243 e. The summed E-state index contributed by atoms with van der Waals surface area (Å²) in [6.45, 7) is 4.61. The predicted octanol–water partition coefficient (Wildman–Crippen LogP) is 4.42. The molecular weight excluding hydrogens is 352 g/mol. The molecule has 1 aliphatic rings. The van der Waals surface area contributed by atoms with E-state index in [1.165, 1.54) is 0 Å². The number of nitrogens with zero attached hydrogens (tertiary/aromatic N) is 2. The van der Waals surface area contributed by atoms with Gasteiger partial charge in [0.15, 0.2) is 0 Å². The van der Waals surface area contributed by atoms with Crippen molar-refractivity contribution in [1.82, 2.24) is 9.29 Å².